The van der Waals surface area contributed by atoms with E-state index in [9.17, 15) is 18.0 Å². The molecule has 1 unspecified atom stereocenters. The van der Waals surface area contributed by atoms with Gasteiger partial charge >= 0.3 is 6.18 Å². The molecule has 1 atom stereocenters. The van der Waals surface area contributed by atoms with Crippen LogP contribution in [0.25, 0.3) is 10.9 Å². The number of fused-ring (bicyclic) bond motifs is 1. The first kappa shape index (κ1) is 23.9. The van der Waals surface area contributed by atoms with Gasteiger partial charge in [0.2, 0.25) is 5.91 Å². The molecule has 0 saturated carbocycles. The van der Waals surface area contributed by atoms with Crippen molar-refractivity contribution < 1.29 is 27.4 Å². The Kier molecular flexibility index (Phi) is 6.36. The van der Waals surface area contributed by atoms with E-state index in [1.54, 1.807) is 11.0 Å². The van der Waals surface area contributed by atoms with Crippen molar-refractivity contribution in [3.63, 3.8) is 0 Å². The average Bonchev–Trinajstić information content (AvgIpc) is 3.49. The first-order valence-corrected chi connectivity index (χ1v) is 12.1. The van der Waals surface area contributed by atoms with Crippen LogP contribution in [0.4, 0.5) is 13.2 Å². The van der Waals surface area contributed by atoms with Crippen LogP contribution in [0.1, 0.15) is 54.4 Å². The van der Waals surface area contributed by atoms with Gasteiger partial charge in [0.15, 0.2) is 5.79 Å². The fraction of sp³-hybridized carbons (Fsp3) is 0.444. The minimum Gasteiger partial charge on any atom is -0.361 e. The van der Waals surface area contributed by atoms with Crippen molar-refractivity contribution >= 4 is 16.8 Å². The van der Waals surface area contributed by atoms with E-state index < -0.39 is 23.4 Å². The molecule has 5 rings (SSSR count). The summed E-state index contributed by atoms with van der Waals surface area (Å²) in [5.74, 6) is -1.19. The zero-order valence-electron chi connectivity index (χ0n) is 19.7. The highest BCUT2D eigenvalue weighted by Gasteiger charge is 2.41. The summed E-state index contributed by atoms with van der Waals surface area (Å²) in [6.45, 7) is 4.19. The number of amides is 1. The number of likely N-dealkylation sites (tertiary alicyclic amines) is 1. The van der Waals surface area contributed by atoms with Crippen LogP contribution in [0.5, 0.6) is 0 Å². The first-order valence-electron chi connectivity index (χ1n) is 12.1. The van der Waals surface area contributed by atoms with Crippen molar-refractivity contribution in [1.29, 1.82) is 0 Å². The fourth-order valence-electron chi connectivity index (χ4n) is 5.35. The molecule has 3 aromatic rings. The van der Waals surface area contributed by atoms with Crippen molar-refractivity contribution in [3.05, 3.63) is 70.9 Å². The number of carbonyl (C=O) groups is 1. The lowest BCUT2D eigenvalue weighted by molar-refractivity contribution is -0.187. The van der Waals surface area contributed by atoms with Crippen LogP contribution in [-0.2, 0) is 26.9 Å². The quantitative estimate of drug-likeness (QED) is 0.508. The summed E-state index contributed by atoms with van der Waals surface area (Å²) in [6, 6.07) is 11.3. The van der Waals surface area contributed by atoms with Crippen LogP contribution in [0, 0.1) is 0 Å². The SMILES string of the molecule is CCc1cccc2c(C(CC(=O)N3CCC4(CC3)OCCO4)c3cccc(C(F)(F)F)c3)c[nH]c12. The number of nitrogens with zero attached hydrogens (tertiary/aromatic N) is 1. The maximum Gasteiger partial charge on any atom is 0.416 e. The number of halogens is 3. The fourth-order valence-corrected chi connectivity index (χ4v) is 5.35. The number of para-hydroxylation sites is 1. The summed E-state index contributed by atoms with van der Waals surface area (Å²) in [4.78, 5) is 18.5. The maximum absolute atomic E-state index is 13.5. The zero-order chi connectivity index (χ0) is 24.6. The minimum absolute atomic E-state index is 0.0822. The van der Waals surface area contributed by atoms with Crippen molar-refractivity contribution in [1.82, 2.24) is 9.88 Å². The first-order chi connectivity index (χ1) is 16.8. The number of rotatable bonds is 5. The number of ether oxygens (including phenoxy) is 2. The van der Waals surface area contributed by atoms with Crippen molar-refractivity contribution in [2.24, 2.45) is 0 Å². The van der Waals surface area contributed by atoms with Crippen LogP contribution in [0.2, 0.25) is 0 Å². The van der Waals surface area contributed by atoms with Gasteiger partial charge in [-0.3, -0.25) is 4.79 Å². The number of aromatic amines is 1. The van der Waals surface area contributed by atoms with Crippen LogP contribution < -0.4 is 0 Å². The van der Waals surface area contributed by atoms with Crippen LogP contribution >= 0.6 is 0 Å². The molecule has 35 heavy (non-hydrogen) atoms. The predicted molar refractivity (Wildman–Crippen MR) is 126 cm³/mol. The molecule has 2 aliphatic heterocycles. The Balaban J connectivity index is 1.47. The van der Waals surface area contributed by atoms with Crippen LogP contribution in [0.15, 0.2) is 48.7 Å². The molecule has 0 bridgehead atoms. The molecule has 1 aromatic heterocycles. The number of hydrogen-bond donors (Lipinski definition) is 1. The number of aryl methyl sites for hydroxylation is 1. The molecule has 186 valence electrons. The van der Waals surface area contributed by atoms with Crippen LogP contribution in [-0.4, -0.2) is 47.9 Å². The highest BCUT2D eigenvalue weighted by atomic mass is 19.4. The van der Waals surface area contributed by atoms with Crippen molar-refractivity contribution in [2.75, 3.05) is 26.3 Å². The van der Waals surface area contributed by atoms with E-state index in [1.165, 1.54) is 12.1 Å². The molecule has 1 N–H and O–H groups in total. The Hall–Kier alpha value is -2.84. The third kappa shape index (κ3) is 4.69. The van der Waals surface area contributed by atoms with Gasteiger partial charge in [-0.15, -0.1) is 0 Å². The van der Waals surface area contributed by atoms with E-state index in [1.807, 2.05) is 24.4 Å². The Labute approximate surface area is 202 Å². The summed E-state index contributed by atoms with van der Waals surface area (Å²) < 4.78 is 52.1. The number of benzene rings is 2. The number of nitrogens with one attached hydrogen (secondary N) is 1. The molecule has 1 spiro atoms. The van der Waals surface area contributed by atoms with Gasteiger partial charge in [-0.1, -0.05) is 43.3 Å². The van der Waals surface area contributed by atoms with E-state index in [2.05, 4.69) is 11.9 Å². The van der Waals surface area contributed by atoms with E-state index in [4.69, 9.17) is 9.47 Å². The third-order valence-electron chi connectivity index (χ3n) is 7.28. The highest BCUT2D eigenvalue weighted by Crippen LogP contribution is 2.38. The van der Waals surface area contributed by atoms with Gasteiger partial charge < -0.3 is 19.4 Å². The van der Waals surface area contributed by atoms with Crippen molar-refractivity contribution in [2.45, 2.75) is 50.5 Å². The zero-order valence-corrected chi connectivity index (χ0v) is 19.7. The number of piperidine rings is 1. The minimum atomic E-state index is -4.46. The summed E-state index contributed by atoms with van der Waals surface area (Å²) in [6.07, 6.45) is -0.515. The van der Waals surface area contributed by atoms with E-state index in [0.717, 1.165) is 34.5 Å². The maximum atomic E-state index is 13.5. The molecular formula is C27H29F3N2O3. The van der Waals surface area contributed by atoms with Gasteiger partial charge in [-0.05, 0) is 29.2 Å². The summed E-state index contributed by atoms with van der Waals surface area (Å²) >= 11 is 0. The number of alkyl halides is 3. The molecular weight excluding hydrogens is 457 g/mol. The second-order valence-electron chi connectivity index (χ2n) is 9.31. The molecule has 5 nitrogen and oxygen atoms in total. The van der Waals surface area contributed by atoms with Gasteiger partial charge in [0, 0.05) is 55.4 Å². The van der Waals surface area contributed by atoms with E-state index in [-0.39, 0.29) is 12.3 Å². The van der Waals surface area contributed by atoms with Gasteiger partial charge in [-0.25, -0.2) is 0 Å². The summed E-state index contributed by atoms with van der Waals surface area (Å²) in [5, 5.41) is 0.935. The summed E-state index contributed by atoms with van der Waals surface area (Å²) in [7, 11) is 0. The Bertz CT molecular complexity index is 1200. The van der Waals surface area contributed by atoms with Gasteiger partial charge in [-0.2, -0.15) is 13.2 Å². The predicted octanol–water partition coefficient (Wildman–Crippen LogP) is 5.64. The lowest BCUT2D eigenvalue weighted by Crippen LogP contribution is -2.47. The Morgan fingerprint density at radius 1 is 1.11 bits per heavy atom. The summed E-state index contributed by atoms with van der Waals surface area (Å²) in [5.41, 5.74) is 2.69. The van der Waals surface area contributed by atoms with Gasteiger partial charge in [0.25, 0.3) is 0 Å². The van der Waals surface area contributed by atoms with Gasteiger partial charge in [0.05, 0.1) is 18.8 Å². The Morgan fingerprint density at radius 3 is 2.51 bits per heavy atom. The molecule has 2 fully saturated rings. The smallest absolute Gasteiger partial charge is 0.361 e. The Morgan fingerprint density at radius 2 is 1.83 bits per heavy atom. The van der Waals surface area contributed by atoms with Crippen LogP contribution in [0.3, 0.4) is 0 Å². The molecule has 2 aliphatic rings. The second-order valence-corrected chi connectivity index (χ2v) is 9.31. The monoisotopic (exact) mass is 486 g/mol. The van der Waals surface area contributed by atoms with Crippen molar-refractivity contribution in [3.8, 4) is 0 Å². The number of H-pyrrole nitrogens is 1. The number of hydrogen-bond acceptors (Lipinski definition) is 3. The topological polar surface area (TPSA) is 54.6 Å². The third-order valence-corrected chi connectivity index (χ3v) is 7.28. The normalized spacial score (nSPS) is 18.9. The molecule has 8 heteroatoms. The van der Waals surface area contributed by atoms with E-state index >= 15 is 0 Å². The molecule has 0 aliphatic carbocycles. The standard InChI is InChI=1S/C27H29F3N2O3/c1-2-18-5-4-8-21-23(17-31-25(18)21)22(19-6-3-7-20(15-19)27(28,29)30)16-24(33)32-11-9-26(10-12-32)34-13-14-35-26/h3-8,15,17,22,31H,2,9-14,16H2,1H3. The molecule has 2 aromatic carbocycles. The average molecular weight is 487 g/mol. The lowest BCUT2D eigenvalue weighted by atomic mass is 9.86. The lowest BCUT2D eigenvalue weighted by Gasteiger charge is -2.38. The molecule has 3 heterocycles. The molecule has 2 saturated heterocycles. The highest BCUT2D eigenvalue weighted by molar-refractivity contribution is 5.88. The van der Waals surface area contributed by atoms with E-state index in [0.29, 0.717) is 44.7 Å². The largest absolute Gasteiger partial charge is 0.416 e. The van der Waals surface area contributed by atoms with Gasteiger partial charge in [0.1, 0.15) is 0 Å². The molecule has 1 amide bonds. The second kappa shape index (κ2) is 9.32. The molecule has 0 radical (unpaired) electrons. The number of aromatic nitrogens is 1. The number of carbonyl (C=O) groups excluding carboxylic acids is 1.